The molecule has 1 saturated heterocycles. The molecule has 0 bridgehead atoms. The number of rotatable bonds is 9. The largest absolute Gasteiger partial charge is 0.395 e. The minimum atomic E-state index is -3.93. The molecule has 176 valence electrons. The van der Waals surface area contributed by atoms with Crippen molar-refractivity contribution in [2.45, 2.75) is 36.7 Å². The highest BCUT2D eigenvalue weighted by Crippen LogP contribution is 2.27. The van der Waals surface area contributed by atoms with Gasteiger partial charge in [0.15, 0.2) is 0 Å². The van der Waals surface area contributed by atoms with Crippen molar-refractivity contribution >= 4 is 21.8 Å². The first-order valence-corrected chi connectivity index (χ1v) is 12.2. The van der Waals surface area contributed by atoms with Crippen molar-refractivity contribution in [2.24, 2.45) is 0 Å². The maximum atomic E-state index is 13.2. The number of nitrogens with one attached hydrogen (secondary N) is 2. The molecule has 0 radical (unpaired) electrons. The van der Waals surface area contributed by atoms with Crippen molar-refractivity contribution in [2.75, 3.05) is 19.7 Å². The summed E-state index contributed by atoms with van der Waals surface area (Å²) in [7, 11) is -3.93. The van der Waals surface area contributed by atoms with E-state index in [0.29, 0.717) is 30.5 Å². The summed E-state index contributed by atoms with van der Waals surface area (Å²) in [4.78, 5) is 24.2. The fourth-order valence-corrected chi connectivity index (χ4v) is 5.72. The Kier molecular flexibility index (Phi) is 8.01. The first-order chi connectivity index (χ1) is 15.8. The second-order valence-corrected chi connectivity index (χ2v) is 9.92. The van der Waals surface area contributed by atoms with E-state index < -0.39 is 28.0 Å². The van der Waals surface area contributed by atoms with E-state index in [9.17, 15) is 23.1 Å². The third-order valence-electron chi connectivity index (χ3n) is 5.70. The number of nitrogens with zero attached hydrogens (tertiary/aromatic N) is 1. The van der Waals surface area contributed by atoms with Crippen LogP contribution in [0, 0.1) is 6.92 Å². The fourth-order valence-electron chi connectivity index (χ4n) is 3.96. The van der Waals surface area contributed by atoms with E-state index in [4.69, 9.17) is 0 Å². The van der Waals surface area contributed by atoms with Gasteiger partial charge in [-0.15, -0.1) is 0 Å². The summed E-state index contributed by atoms with van der Waals surface area (Å²) < 4.78 is 27.7. The van der Waals surface area contributed by atoms with Crippen LogP contribution < -0.4 is 10.6 Å². The summed E-state index contributed by atoms with van der Waals surface area (Å²) in [5.74, 6) is -0.664. The summed E-state index contributed by atoms with van der Waals surface area (Å²) in [5, 5.41) is 15.3. The molecule has 2 atom stereocenters. The van der Waals surface area contributed by atoms with Crippen molar-refractivity contribution in [3.8, 4) is 0 Å². The quantitative estimate of drug-likeness (QED) is 0.478. The summed E-state index contributed by atoms with van der Waals surface area (Å²) in [6.07, 6.45) is 2.12. The Morgan fingerprint density at radius 3 is 2.58 bits per heavy atom. The molecular weight excluding hydrogens is 442 g/mol. The van der Waals surface area contributed by atoms with Gasteiger partial charge in [0.1, 0.15) is 0 Å². The number of benzene rings is 2. The molecule has 2 aromatic rings. The van der Waals surface area contributed by atoms with Crippen molar-refractivity contribution in [1.82, 2.24) is 14.9 Å². The van der Waals surface area contributed by atoms with Crippen molar-refractivity contribution in [3.05, 3.63) is 77.9 Å². The van der Waals surface area contributed by atoms with Crippen LogP contribution in [0.5, 0.6) is 0 Å². The van der Waals surface area contributed by atoms with Gasteiger partial charge in [-0.3, -0.25) is 9.59 Å². The van der Waals surface area contributed by atoms with Gasteiger partial charge in [0.25, 0.3) is 5.91 Å². The average molecular weight is 472 g/mol. The zero-order chi connectivity index (χ0) is 24.0. The average Bonchev–Trinajstić information content (AvgIpc) is 3.23. The smallest absolute Gasteiger partial charge is 0.251 e. The molecule has 0 aliphatic carbocycles. The Bertz CT molecular complexity index is 1120. The van der Waals surface area contributed by atoms with Crippen molar-refractivity contribution < 1.29 is 23.1 Å². The molecule has 3 N–H and O–H groups in total. The molecule has 2 aromatic carbocycles. The van der Waals surface area contributed by atoms with Crippen LogP contribution >= 0.6 is 0 Å². The predicted molar refractivity (Wildman–Crippen MR) is 125 cm³/mol. The molecule has 8 nitrogen and oxygen atoms in total. The van der Waals surface area contributed by atoms with Crippen LogP contribution in [0.4, 0.5) is 0 Å². The zero-order valence-electron chi connectivity index (χ0n) is 18.5. The van der Waals surface area contributed by atoms with E-state index in [0.717, 1.165) is 11.6 Å². The van der Waals surface area contributed by atoms with Crippen LogP contribution in [0.25, 0.3) is 0 Å². The Morgan fingerprint density at radius 2 is 1.94 bits per heavy atom. The number of sulfonamides is 1. The summed E-state index contributed by atoms with van der Waals surface area (Å²) in [6, 6.07) is 13.1. The molecule has 9 heteroatoms. The van der Waals surface area contributed by atoms with E-state index in [1.54, 1.807) is 6.92 Å². The number of hydrogen-bond donors (Lipinski definition) is 3. The third-order valence-corrected chi connectivity index (χ3v) is 7.61. The van der Waals surface area contributed by atoms with Gasteiger partial charge in [0, 0.05) is 24.7 Å². The molecule has 0 spiro atoms. The van der Waals surface area contributed by atoms with Gasteiger partial charge in [-0.1, -0.05) is 36.9 Å². The topological polar surface area (TPSA) is 116 Å². The first kappa shape index (κ1) is 24.6. The number of amides is 2. The minimum Gasteiger partial charge on any atom is -0.395 e. The van der Waals surface area contributed by atoms with Gasteiger partial charge in [0.05, 0.1) is 17.5 Å². The summed E-state index contributed by atoms with van der Waals surface area (Å²) >= 11 is 0. The molecule has 2 unspecified atom stereocenters. The van der Waals surface area contributed by atoms with E-state index in [-0.39, 0.29) is 24.0 Å². The minimum absolute atomic E-state index is 0.0370. The van der Waals surface area contributed by atoms with Crippen LogP contribution in [0.2, 0.25) is 0 Å². The van der Waals surface area contributed by atoms with Crippen LogP contribution in [-0.4, -0.2) is 61.4 Å². The lowest BCUT2D eigenvalue weighted by Gasteiger charge is -2.22. The van der Waals surface area contributed by atoms with Gasteiger partial charge in [-0.25, -0.2) is 8.42 Å². The molecule has 0 saturated carbocycles. The number of aliphatic hydroxyl groups excluding tert-OH is 1. The SMILES string of the molecule is C=CC(=O)NC1CC(CO)N(S(=O)(=O)c2ccc(C(=O)NCCc3ccccc3)c(C)c2)C1. The van der Waals surface area contributed by atoms with Gasteiger partial charge >= 0.3 is 0 Å². The van der Waals surface area contributed by atoms with Gasteiger partial charge in [-0.05, 0) is 55.2 Å². The highest BCUT2D eigenvalue weighted by atomic mass is 32.2. The van der Waals surface area contributed by atoms with Crippen LogP contribution in [0.3, 0.4) is 0 Å². The van der Waals surface area contributed by atoms with E-state index >= 15 is 0 Å². The molecule has 33 heavy (non-hydrogen) atoms. The molecule has 0 aromatic heterocycles. The molecule has 1 heterocycles. The van der Waals surface area contributed by atoms with Gasteiger partial charge in [-0.2, -0.15) is 4.31 Å². The molecule has 1 fully saturated rings. The Morgan fingerprint density at radius 1 is 1.21 bits per heavy atom. The molecule has 1 aliphatic rings. The standard InChI is InChI=1S/C24H29N3O5S/c1-3-23(29)26-19-14-20(16-28)27(15-19)33(31,32)21-9-10-22(17(2)13-21)24(30)25-12-11-18-7-5-4-6-8-18/h3-10,13,19-20,28H,1,11-12,14-16H2,2H3,(H,25,30)(H,26,29). The lowest BCUT2D eigenvalue weighted by molar-refractivity contribution is -0.117. The lowest BCUT2D eigenvalue weighted by atomic mass is 10.1. The van der Waals surface area contributed by atoms with E-state index in [1.807, 2.05) is 30.3 Å². The highest BCUT2D eigenvalue weighted by Gasteiger charge is 2.40. The maximum absolute atomic E-state index is 13.2. The Balaban J connectivity index is 1.70. The number of aryl methyl sites for hydroxylation is 1. The molecule has 3 rings (SSSR count). The summed E-state index contributed by atoms with van der Waals surface area (Å²) in [5.41, 5.74) is 2.05. The number of carbonyl (C=O) groups is 2. The second-order valence-electron chi connectivity index (χ2n) is 8.02. The lowest BCUT2D eigenvalue weighted by Crippen LogP contribution is -2.39. The summed E-state index contributed by atoms with van der Waals surface area (Å²) in [6.45, 7) is 5.24. The van der Waals surface area contributed by atoms with E-state index in [1.165, 1.54) is 22.5 Å². The number of aliphatic hydroxyl groups is 1. The van der Waals surface area contributed by atoms with Crippen molar-refractivity contribution in [1.29, 1.82) is 0 Å². The number of carbonyl (C=O) groups excluding carboxylic acids is 2. The third kappa shape index (κ3) is 5.87. The predicted octanol–water partition coefficient (Wildman–Crippen LogP) is 1.39. The van der Waals surface area contributed by atoms with Gasteiger partial charge in [0.2, 0.25) is 15.9 Å². The van der Waals surface area contributed by atoms with Crippen LogP contribution in [0.15, 0.2) is 66.1 Å². The number of hydrogen-bond acceptors (Lipinski definition) is 5. The second kappa shape index (κ2) is 10.7. The zero-order valence-corrected chi connectivity index (χ0v) is 19.3. The molecule has 2 amide bonds. The van der Waals surface area contributed by atoms with E-state index in [2.05, 4.69) is 17.2 Å². The van der Waals surface area contributed by atoms with Crippen LogP contribution in [-0.2, 0) is 21.2 Å². The first-order valence-electron chi connectivity index (χ1n) is 10.7. The normalized spacial score (nSPS) is 18.6. The maximum Gasteiger partial charge on any atom is 0.251 e. The van der Waals surface area contributed by atoms with Crippen LogP contribution in [0.1, 0.15) is 27.9 Å². The Hall–Kier alpha value is -3.01. The fraction of sp³-hybridized carbons (Fsp3) is 0.333. The Labute approximate surface area is 194 Å². The van der Waals surface area contributed by atoms with Gasteiger partial charge < -0.3 is 15.7 Å². The van der Waals surface area contributed by atoms with Crippen molar-refractivity contribution in [3.63, 3.8) is 0 Å². The highest BCUT2D eigenvalue weighted by molar-refractivity contribution is 7.89. The molecule has 1 aliphatic heterocycles. The monoisotopic (exact) mass is 471 g/mol. The molecular formula is C24H29N3O5S.